The molecule has 2 aliphatic rings. The Balaban J connectivity index is 0.000000861. The molecule has 0 aromatic carbocycles. The van der Waals surface area contributed by atoms with Crippen molar-refractivity contribution in [3.8, 4) is 0 Å². The molecule has 0 aromatic heterocycles. The molecule has 0 spiro atoms. The molecule has 4 nitrogen and oxygen atoms in total. The Bertz CT molecular complexity index is 309. The predicted octanol–water partition coefficient (Wildman–Crippen LogP) is 2.14. The van der Waals surface area contributed by atoms with Gasteiger partial charge in [-0.25, -0.2) is 0 Å². The summed E-state index contributed by atoms with van der Waals surface area (Å²) >= 11 is 0. The average molecular weight is 268 g/mol. The maximum absolute atomic E-state index is 12.2. The van der Waals surface area contributed by atoms with Crippen molar-refractivity contribution in [1.29, 1.82) is 0 Å². The summed E-state index contributed by atoms with van der Waals surface area (Å²) in [7, 11) is 0. The molecule has 1 unspecified atom stereocenters. The van der Waals surface area contributed by atoms with Crippen molar-refractivity contribution in [2.45, 2.75) is 47.0 Å². The molecule has 2 saturated heterocycles. The van der Waals surface area contributed by atoms with Crippen LogP contribution in [-0.4, -0.2) is 47.8 Å². The molecule has 2 amide bonds. The van der Waals surface area contributed by atoms with E-state index in [0.717, 1.165) is 45.4 Å². The zero-order valence-electron chi connectivity index (χ0n) is 12.8. The number of nitrogens with zero attached hydrogens (tertiary/aromatic N) is 2. The summed E-state index contributed by atoms with van der Waals surface area (Å²) in [5.74, 6) is 1.25. The molecule has 0 N–H and O–H groups in total. The predicted molar refractivity (Wildman–Crippen MR) is 76.7 cm³/mol. The molecule has 4 heteroatoms. The first-order chi connectivity index (χ1) is 9.08. The van der Waals surface area contributed by atoms with Gasteiger partial charge in [-0.05, 0) is 25.2 Å². The number of piperidine rings is 1. The van der Waals surface area contributed by atoms with Crippen molar-refractivity contribution in [1.82, 2.24) is 9.80 Å². The summed E-state index contributed by atoms with van der Waals surface area (Å²) in [6.45, 7) is 11.1. The van der Waals surface area contributed by atoms with Gasteiger partial charge in [-0.2, -0.15) is 0 Å². The molecule has 110 valence electrons. The lowest BCUT2D eigenvalue weighted by Gasteiger charge is -2.32. The Kier molecular flexibility index (Phi) is 6.32. The molecular weight excluding hydrogens is 240 g/mol. The first-order valence-electron chi connectivity index (χ1n) is 7.62. The van der Waals surface area contributed by atoms with Gasteiger partial charge in [0.15, 0.2) is 0 Å². The van der Waals surface area contributed by atoms with Crippen molar-refractivity contribution in [3.05, 3.63) is 0 Å². The molecule has 0 saturated carbocycles. The minimum Gasteiger partial charge on any atom is -0.343 e. The van der Waals surface area contributed by atoms with Gasteiger partial charge in [0.1, 0.15) is 0 Å². The molecule has 0 bridgehead atoms. The standard InChI is InChI=1S/C13H22N2O2.C2H6/c1-10-3-6-15(9-10)13(17)12-4-7-14(8-5-12)11(2)16;1-2/h10,12H,3-9H2,1-2H3;1-2H3. The molecule has 1 atom stereocenters. The summed E-state index contributed by atoms with van der Waals surface area (Å²) in [5, 5.41) is 0. The Labute approximate surface area is 117 Å². The number of hydrogen-bond acceptors (Lipinski definition) is 2. The maximum Gasteiger partial charge on any atom is 0.225 e. The maximum atomic E-state index is 12.2. The lowest BCUT2D eigenvalue weighted by molar-refractivity contribution is -0.139. The van der Waals surface area contributed by atoms with Crippen molar-refractivity contribution in [3.63, 3.8) is 0 Å². The smallest absolute Gasteiger partial charge is 0.225 e. The highest BCUT2D eigenvalue weighted by Crippen LogP contribution is 2.23. The van der Waals surface area contributed by atoms with E-state index in [1.165, 1.54) is 0 Å². The summed E-state index contributed by atoms with van der Waals surface area (Å²) in [6.07, 6.45) is 2.81. The van der Waals surface area contributed by atoms with E-state index in [1.54, 1.807) is 6.92 Å². The minimum absolute atomic E-state index is 0.130. The van der Waals surface area contributed by atoms with Crippen LogP contribution in [0.1, 0.15) is 47.0 Å². The van der Waals surface area contributed by atoms with E-state index < -0.39 is 0 Å². The van der Waals surface area contributed by atoms with Crippen LogP contribution in [0.5, 0.6) is 0 Å². The van der Waals surface area contributed by atoms with Crippen LogP contribution in [0.3, 0.4) is 0 Å². The molecular formula is C15H28N2O2. The largest absolute Gasteiger partial charge is 0.343 e. The van der Waals surface area contributed by atoms with E-state index in [9.17, 15) is 9.59 Å². The molecule has 2 fully saturated rings. The molecule has 19 heavy (non-hydrogen) atoms. The molecule has 2 rings (SSSR count). The van der Waals surface area contributed by atoms with E-state index >= 15 is 0 Å². The van der Waals surface area contributed by atoms with E-state index in [1.807, 2.05) is 23.6 Å². The number of hydrogen-bond donors (Lipinski definition) is 0. The number of carbonyl (C=O) groups excluding carboxylic acids is 2. The summed E-state index contributed by atoms with van der Waals surface area (Å²) in [5.41, 5.74) is 0. The normalized spacial score (nSPS) is 23.9. The Morgan fingerprint density at radius 3 is 1.89 bits per heavy atom. The third kappa shape index (κ3) is 4.22. The van der Waals surface area contributed by atoms with Crippen LogP contribution < -0.4 is 0 Å². The van der Waals surface area contributed by atoms with E-state index in [4.69, 9.17) is 0 Å². The first kappa shape index (κ1) is 16.0. The van der Waals surface area contributed by atoms with Crippen molar-refractivity contribution in [2.24, 2.45) is 11.8 Å². The zero-order chi connectivity index (χ0) is 14.4. The molecule has 2 aliphatic heterocycles. The van der Waals surface area contributed by atoms with Crippen molar-refractivity contribution < 1.29 is 9.59 Å². The lowest BCUT2D eigenvalue weighted by Crippen LogP contribution is -2.43. The fraction of sp³-hybridized carbons (Fsp3) is 0.867. The van der Waals surface area contributed by atoms with Gasteiger partial charge in [0.05, 0.1) is 0 Å². The monoisotopic (exact) mass is 268 g/mol. The van der Waals surface area contributed by atoms with E-state index in [2.05, 4.69) is 6.92 Å². The second kappa shape index (κ2) is 7.51. The minimum atomic E-state index is 0.130. The highest BCUT2D eigenvalue weighted by molar-refractivity contribution is 5.80. The number of carbonyl (C=O) groups is 2. The van der Waals surface area contributed by atoms with Crippen LogP contribution in [-0.2, 0) is 9.59 Å². The SMILES string of the molecule is CC.CC(=O)N1CCC(C(=O)N2CCC(C)C2)CC1. The van der Waals surface area contributed by atoms with Gasteiger partial charge in [-0.3, -0.25) is 9.59 Å². The molecule has 2 heterocycles. The number of rotatable bonds is 1. The van der Waals surface area contributed by atoms with Gasteiger partial charge in [-0.15, -0.1) is 0 Å². The van der Waals surface area contributed by atoms with Crippen LogP contribution in [0.15, 0.2) is 0 Å². The Hall–Kier alpha value is -1.06. The van der Waals surface area contributed by atoms with Crippen LogP contribution in [0.25, 0.3) is 0 Å². The highest BCUT2D eigenvalue weighted by atomic mass is 16.2. The summed E-state index contributed by atoms with van der Waals surface area (Å²) in [6, 6.07) is 0. The molecule has 0 aromatic rings. The lowest BCUT2D eigenvalue weighted by atomic mass is 9.95. The third-order valence-corrected chi connectivity index (χ3v) is 4.03. The summed E-state index contributed by atoms with van der Waals surface area (Å²) in [4.78, 5) is 27.3. The summed E-state index contributed by atoms with van der Waals surface area (Å²) < 4.78 is 0. The van der Waals surface area contributed by atoms with Gasteiger partial charge in [0.25, 0.3) is 0 Å². The van der Waals surface area contributed by atoms with Gasteiger partial charge < -0.3 is 9.80 Å². The quantitative estimate of drug-likeness (QED) is 0.731. The van der Waals surface area contributed by atoms with Crippen LogP contribution in [0.4, 0.5) is 0 Å². The Morgan fingerprint density at radius 2 is 1.47 bits per heavy atom. The third-order valence-electron chi connectivity index (χ3n) is 4.03. The van der Waals surface area contributed by atoms with E-state index in [0.29, 0.717) is 11.8 Å². The fourth-order valence-electron chi connectivity index (χ4n) is 2.83. The second-order valence-electron chi connectivity index (χ2n) is 5.46. The highest BCUT2D eigenvalue weighted by Gasteiger charge is 2.31. The van der Waals surface area contributed by atoms with Crippen LogP contribution in [0.2, 0.25) is 0 Å². The van der Waals surface area contributed by atoms with Gasteiger partial charge >= 0.3 is 0 Å². The molecule has 0 aliphatic carbocycles. The topological polar surface area (TPSA) is 40.6 Å². The number of amides is 2. The average Bonchev–Trinajstić information content (AvgIpc) is 2.87. The molecule has 0 radical (unpaired) electrons. The van der Waals surface area contributed by atoms with Gasteiger partial charge in [-0.1, -0.05) is 20.8 Å². The van der Waals surface area contributed by atoms with Crippen LogP contribution in [0, 0.1) is 11.8 Å². The first-order valence-corrected chi connectivity index (χ1v) is 7.62. The fourth-order valence-corrected chi connectivity index (χ4v) is 2.83. The van der Waals surface area contributed by atoms with Gasteiger partial charge in [0.2, 0.25) is 11.8 Å². The second-order valence-corrected chi connectivity index (χ2v) is 5.46. The Morgan fingerprint density at radius 1 is 0.947 bits per heavy atom. The van der Waals surface area contributed by atoms with Crippen molar-refractivity contribution >= 4 is 11.8 Å². The van der Waals surface area contributed by atoms with Gasteiger partial charge in [0, 0.05) is 39.0 Å². The zero-order valence-corrected chi connectivity index (χ0v) is 12.8. The van der Waals surface area contributed by atoms with Crippen LogP contribution >= 0.6 is 0 Å². The number of likely N-dealkylation sites (tertiary alicyclic amines) is 2. The van der Waals surface area contributed by atoms with E-state index in [-0.39, 0.29) is 11.8 Å². The van der Waals surface area contributed by atoms with Crippen molar-refractivity contribution in [2.75, 3.05) is 26.2 Å².